The molecule has 2 unspecified atom stereocenters. The van der Waals surface area contributed by atoms with Crippen LogP contribution in [0, 0.1) is 0 Å². The SMILES string of the molecule is CCCNC(CSSCC(NC)C(C)=O)C(C)=O. The van der Waals surface area contributed by atoms with E-state index in [1.54, 1.807) is 42.5 Å². The van der Waals surface area contributed by atoms with Crippen molar-refractivity contribution >= 4 is 33.2 Å². The molecular formula is C12H24N2O2S2. The number of hydrogen-bond acceptors (Lipinski definition) is 6. The van der Waals surface area contributed by atoms with Crippen LogP contribution < -0.4 is 10.6 Å². The van der Waals surface area contributed by atoms with Crippen molar-refractivity contribution in [3.63, 3.8) is 0 Å². The number of ketones is 2. The molecule has 0 aromatic heterocycles. The predicted octanol–water partition coefficient (Wildman–Crippen LogP) is 1.50. The van der Waals surface area contributed by atoms with Gasteiger partial charge >= 0.3 is 0 Å². The van der Waals surface area contributed by atoms with Gasteiger partial charge in [0.25, 0.3) is 0 Å². The number of nitrogens with one attached hydrogen (secondary N) is 2. The molecule has 0 fully saturated rings. The van der Waals surface area contributed by atoms with Crippen LogP contribution in [0.2, 0.25) is 0 Å². The van der Waals surface area contributed by atoms with Gasteiger partial charge in [0.2, 0.25) is 0 Å². The molecule has 6 heteroatoms. The molecule has 0 aliphatic rings. The Morgan fingerprint density at radius 3 is 1.94 bits per heavy atom. The van der Waals surface area contributed by atoms with Crippen molar-refractivity contribution in [2.24, 2.45) is 0 Å². The zero-order valence-corrected chi connectivity index (χ0v) is 13.2. The monoisotopic (exact) mass is 292 g/mol. The van der Waals surface area contributed by atoms with Gasteiger partial charge in [-0.2, -0.15) is 0 Å². The zero-order valence-electron chi connectivity index (χ0n) is 11.6. The summed E-state index contributed by atoms with van der Waals surface area (Å²) in [4.78, 5) is 22.6. The fourth-order valence-electron chi connectivity index (χ4n) is 1.27. The normalized spacial score (nSPS) is 14.2. The zero-order chi connectivity index (χ0) is 14.0. The van der Waals surface area contributed by atoms with Crippen LogP contribution in [0.5, 0.6) is 0 Å². The molecule has 0 spiro atoms. The van der Waals surface area contributed by atoms with E-state index in [-0.39, 0.29) is 23.7 Å². The third-order valence-corrected chi connectivity index (χ3v) is 4.95. The first-order chi connectivity index (χ1) is 8.52. The summed E-state index contributed by atoms with van der Waals surface area (Å²) >= 11 is 0. The molecule has 2 atom stereocenters. The number of hydrogen-bond donors (Lipinski definition) is 2. The minimum absolute atomic E-state index is 0.0761. The second kappa shape index (κ2) is 10.8. The molecular weight excluding hydrogens is 268 g/mol. The number of carbonyl (C=O) groups excluding carboxylic acids is 2. The second-order valence-electron chi connectivity index (χ2n) is 4.14. The van der Waals surface area contributed by atoms with Crippen molar-refractivity contribution in [1.82, 2.24) is 10.6 Å². The summed E-state index contributed by atoms with van der Waals surface area (Å²) in [6, 6.07) is -0.172. The van der Waals surface area contributed by atoms with E-state index in [4.69, 9.17) is 0 Å². The third-order valence-electron chi connectivity index (χ3n) is 2.52. The van der Waals surface area contributed by atoms with Gasteiger partial charge in [0.1, 0.15) is 11.6 Å². The summed E-state index contributed by atoms with van der Waals surface area (Å²) in [6.07, 6.45) is 1.02. The molecule has 18 heavy (non-hydrogen) atoms. The highest BCUT2D eigenvalue weighted by Crippen LogP contribution is 2.23. The Kier molecular flexibility index (Phi) is 10.8. The van der Waals surface area contributed by atoms with Crippen LogP contribution in [0.15, 0.2) is 0 Å². The molecule has 0 aromatic carbocycles. The topological polar surface area (TPSA) is 58.2 Å². The van der Waals surface area contributed by atoms with E-state index in [2.05, 4.69) is 17.6 Å². The predicted molar refractivity (Wildman–Crippen MR) is 81.2 cm³/mol. The maximum absolute atomic E-state index is 11.4. The molecule has 0 radical (unpaired) electrons. The lowest BCUT2D eigenvalue weighted by atomic mass is 10.2. The molecule has 2 N–H and O–H groups in total. The largest absolute Gasteiger partial charge is 0.310 e. The smallest absolute Gasteiger partial charge is 0.147 e. The van der Waals surface area contributed by atoms with Crippen molar-refractivity contribution in [2.75, 3.05) is 25.1 Å². The molecule has 0 amide bonds. The Balaban J connectivity index is 3.85. The van der Waals surface area contributed by atoms with E-state index in [1.165, 1.54) is 0 Å². The van der Waals surface area contributed by atoms with Crippen LogP contribution >= 0.6 is 21.6 Å². The van der Waals surface area contributed by atoms with Crippen LogP contribution in [0.3, 0.4) is 0 Å². The van der Waals surface area contributed by atoms with E-state index < -0.39 is 0 Å². The Labute approximate surface area is 118 Å². The van der Waals surface area contributed by atoms with Gasteiger partial charge in [0.15, 0.2) is 0 Å². The minimum Gasteiger partial charge on any atom is -0.310 e. The average molecular weight is 292 g/mol. The molecule has 106 valence electrons. The average Bonchev–Trinajstić information content (AvgIpc) is 2.31. The number of likely N-dealkylation sites (N-methyl/N-ethyl adjacent to an activating group) is 1. The molecule has 0 saturated carbocycles. The standard InChI is InChI=1S/C12H24N2O2S2/c1-5-6-14-12(10(3)16)8-18-17-7-11(13-4)9(2)15/h11-14H,5-8H2,1-4H3. The lowest BCUT2D eigenvalue weighted by molar-refractivity contribution is -0.119. The van der Waals surface area contributed by atoms with Crippen LogP contribution in [0.1, 0.15) is 27.2 Å². The maximum Gasteiger partial charge on any atom is 0.147 e. The Bertz CT molecular complexity index is 262. The molecule has 0 rings (SSSR count). The van der Waals surface area contributed by atoms with Crippen molar-refractivity contribution in [2.45, 2.75) is 39.3 Å². The summed E-state index contributed by atoms with van der Waals surface area (Å²) < 4.78 is 0. The van der Waals surface area contributed by atoms with Crippen LogP contribution in [0.4, 0.5) is 0 Å². The molecule has 0 saturated heterocycles. The Morgan fingerprint density at radius 2 is 1.56 bits per heavy atom. The van der Waals surface area contributed by atoms with Gasteiger partial charge in [0.05, 0.1) is 12.1 Å². The van der Waals surface area contributed by atoms with Crippen molar-refractivity contribution in [1.29, 1.82) is 0 Å². The van der Waals surface area contributed by atoms with E-state index >= 15 is 0 Å². The number of carbonyl (C=O) groups is 2. The van der Waals surface area contributed by atoms with E-state index in [0.29, 0.717) is 0 Å². The lowest BCUT2D eigenvalue weighted by Gasteiger charge is -2.15. The van der Waals surface area contributed by atoms with Gasteiger partial charge in [-0.25, -0.2) is 0 Å². The number of rotatable bonds is 11. The van der Waals surface area contributed by atoms with Crippen molar-refractivity contribution < 1.29 is 9.59 Å². The summed E-state index contributed by atoms with van der Waals surface area (Å²) in [5.74, 6) is 1.80. The van der Waals surface area contributed by atoms with Crippen molar-refractivity contribution in [3.05, 3.63) is 0 Å². The molecule has 0 bridgehead atoms. The quantitative estimate of drug-likeness (QED) is 0.445. The molecule has 4 nitrogen and oxygen atoms in total. The number of Topliss-reactive ketones (excluding diaryl/α,β-unsaturated/α-hetero) is 2. The van der Waals surface area contributed by atoms with Gasteiger partial charge < -0.3 is 10.6 Å². The van der Waals surface area contributed by atoms with E-state index in [1.807, 2.05) is 0 Å². The first-order valence-electron chi connectivity index (χ1n) is 6.18. The summed E-state index contributed by atoms with van der Waals surface area (Å²) in [5, 5.41) is 6.21. The van der Waals surface area contributed by atoms with Crippen LogP contribution in [0.25, 0.3) is 0 Å². The van der Waals surface area contributed by atoms with Gasteiger partial charge in [0, 0.05) is 11.5 Å². The first kappa shape index (κ1) is 18.0. The van der Waals surface area contributed by atoms with Gasteiger partial charge in [-0.1, -0.05) is 28.5 Å². The lowest BCUT2D eigenvalue weighted by Crippen LogP contribution is -2.38. The van der Waals surface area contributed by atoms with Gasteiger partial charge in [-0.05, 0) is 33.9 Å². The second-order valence-corrected chi connectivity index (χ2v) is 6.69. The fraction of sp³-hybridized carbons (Fsp3) is 0.833. The summed E-state index contributed by atoms with van der Waals surface area (Å²) in [7, 11) is 5.07. The highest BCUT2D eigenvalue weighted by Gasteiger charge is 2.15. The Hall–Kier alpha value is -0.0400. The third kappa shape index (κ3) is 8.13. The van der Waals surface area contributed by atoms with Gasteiger partial charge in [-0.15, -0.1) is 0 Å². The minimum atomic E-state index is -0.0955. The Morgan fingerprint density at radius 1 is 1.06 bits per heavy atom. The van der Waals surface area contributed by atoms with Crippen LogP contribution in [-0.4, -0.2) is 48.7 Å². The van der Waals surface area contributed by atoms with Crippen molar-refractivity contribution in [3.8, 4) is 0 Å². The van der Waals surface area contributed by atoms with Crippen LogP contribution in [-0.2, 0) is 9.59 Å². The molecule has 0 aliphatic carbocycles. The molecule has 0 aromatic rings. The first-order valence-corrected chi connectivity index (χ1v) is 8.67. The van der Waals surface area contributed by atoms with E-state index in [0.717, 1.165) is 24.5 Å². The summed E-state index contributed by atoms with van der Waals surface area (Å²) in [6.45, 7) is 6.15. The molecule has 0 aliphatic heterocycles. The highest BCUT2D eigenvalue weighted by molar-refractivity contribution is 8.76. The fourth-order valence-corrected chi connectivity index (χ4v) is 3.89. The highest BCUT2D eigenvalue weighted by atomic mass is 33.1. The maximum atomic E-state index is 11.4. The molecule has 0 heterocycles. The summed E-state index contributed by atoms with van der Waals surface area (Å²) in [5.41, 5.74) is 0. The van der Waals surface area contributed by atoms with E-state index in [9.17, 15) is 9.59 Å². The van der Waals surface area contributed by atoms with Gasteiger partial charge in [-0.3, -0.25) is 9.59 Å².